The van der Waals surface area contributed by atoms with E-state index in [0.29, 0.717) is 0 Å². The monoisotopic (exact) mass is 195 g/mol. The van der Waals surface area contributed by atoms with Gasteiger partial charge in [0.25, 0.3) is 0 Å². The van der Waals surface area contributed by atoms with Crippen LogP contribution in [0.25, 0.3) is 22.9 Å². The van der Waals surface area contributed by atoms with Crippen LogP contribution in [0.3, 0.4) is 0 Å². The molecule has 0 unspecified atom stereocenters. The van der Waals surface area contributed by atoms with Gasteiger partial charge in [0.2, 0.25) is 0 Å². The summed E-state index contributed by atoms with van der Waals surface area (Å²) in [4.78, 5) is 0. The fourth-order valence-electron chi connectivity index (χ4n) is 1.74. The van der Waals surface area contributed by atoms with Crippen LogP contribution < -0.4 is 5.73 Å². The van der Waals surface area contributed by atoms with Crippen LogP contribution in [0, 0.1) is 0 Å². The highest BCUT2D eigenvalue weighted by atomic mass is 14.6. The van der Waals surface area contributed by atoms with E-state index >= 15 is 0 Å². The first-order valence-corrected chi connectivity index (χ1v) is 4.83. The van der Waals surface area contributed by atoms with Crippen molar-refractivity contribution in [1.29, 1.82) is 0 Å². The molecule has 0 bridgehead atoms. The molecular weight excluding hydrogens is 182 g/mol. The molecule has 1 heteroatoms. The summed E-state index contributed by atoms with van der Waals surface area (Å²) in [6.45, 7) is 7.55. The molecule has 0 amide bonds. The highest BCUT2D eigenvalue weighted by Gasteiger charge is 2.01. The molecular formula is C14H13N. The van der Waals surface area contributed by atoms with Gasteiger partial charge in [-0.25, -0.2) is 0 Å². The van der Waals surface area contributed by atoms with Crippen molar-refractivity contribution >= 4 is 28.6 Å². The van der Waals surface area contributed by atoms with Crippen molar-refractivity contribution in [3.05, 3.63) is 54.6 Å². The summed E-state index contributed by atoms with van der Waals surface area (Å²) in [6.07, 6.45) is 3.63. The van der Waals surface area contributed by atoms with E-state index in [0.717, 1.165) is 27.6 Å². The molecule has 0 fully saturated rings. The Morgan fingerprint density at radius 3 is 2.40 bits per heavy atom. The molecule has 0 atom stereocenters. The quantitative estimate of drug-likeness (QED) is 0.726. The maximum Gasteiger partial charge on any atom is 0.0393 e. The maximum absolute atomic E-state index is 5.89. The van der Waals surface area contributed by atoms with E-state index < -0.39 is 0 Å². The van der Waals surface area contributed by atoms with Crippen molar-refractivity contribution in [3.8, 4) is 0 Å². The van der Waals surface area contributed by atoms with Gasteiger partial charge in [-0.05, 0) is 34.0 Å². The molecule has 2 aromatic carbocycles. The van der Waals surface area contributed by atoms with Crippen LogP contribution >= 0.6 is 0 Å². The van der Waals surface area contributed by atoms with Crippen LogP contribution in [-0.4, -0.2) is 0 Å². The van der Waals surface area contributed by atoms with Gasteiger partial charge in [-0.3, -0.25) is 0 Å². The van der Waals surface area contributed by atoms with Gasteiger partial charge in [0.1, 0.15) is 0 Å². The summed E-state index contributed by atoms with van der Waals surface area (Å²) in [5, 5.41) is 2.30. The zero-order valence-electron chi connectivity index (χ0n) is 8.53. The number of rotatable bonds is 2. The highest BCUT2D eigenvalue weighted by Crippen LogP contribution is 2.26. The molecule has 0 spiro atoms. The lowest BCUT2D eigenvalue weighted by Gasteiger charge is -2.06. The Hall–Kier alpha value is -2.02. The summed E-state index contributed by atoms with van der Waals surface area (Å²) in [6, 6.07) is 10.1. The smallest absolute Gasteiger partial charge is 0.0393 e. The zero-order valence-corrected chi connectivity index (χ0v) is 8.53. The summed E-state index contributed by atoms with van der Waals surface area (Å²) in [5.41, 5.74) is 8.74. The third-order valence-corrected chi connectivity index (χ3v) is 2.56. The first kappa shape index (κ1) is 9.53. The van der Waals surface area contributed by atoms with Gasteiger partial charge in [0, 0.05) is 5.69 Å². The third-order valence-electron chi connectivity index (χ3n) is 2.56. The molecule has 0 radical (unpaired) electrons. The SMILES string of the molecule is C=Cc1cc2c(C=C)cccc2cc1N. The van der Waals surface area contributed by atoms with E-state index in [1.54, 1.807) is 6.08 Å². The van der Waals surface area contributed by atoms with Gasteiger partial charge in [-0.2, -0.15) is 0 Å². The molecule has 1 nitrogen and oxygen atoms in total. The van der Waals surface area contributed by atoms with Gasteiger partial charge in [0.05, 0.1) is 0 Å². The van der Waals surface area contributed by atoms with Gasteiger partial charge in [0.15, 0.2) is 0 Å². The van der Waals surface area contributed by atoms with Crippen molar-refractivity contribution in [3.63, 3.8) is 0 Å². The first-order chi connectivity index (χ1) is 7.26. The zero-order chi connectivity index (χ0) is 10.8. The van der Waals surface area contributed by atoms with Gasteiger partial charge < -0.3 is 5.73 Å². The molecule has 0 heterocycles. The molecule has 0 aliphatic heterocycles. The Bertz CT molecular complexity index is 538. The maximum atomic E-state index is 5.89. The van der Waals surface area contributed by atoms with Crippen LogP contribution in [0.4, 0.5) is 5.69 Å². The second kappa shape index (κ2) is 3.62. The fraction of sp³-hybridized carbons (Fsp3) is 0. The summed E-state index contributed by atoms with van der Waals surface area (Å²) >= 11 is 0. The Morgan fingerprint density at radius 1 is 1.00 bits per heavy atom. The molecule has 15 heavy (non-hydrogen) atoms. The molecule has 74 valence electrons. The van der Waals surface area contributed by atoms with Crippen molar-refractivity contribution in [2.24, 2.45) is 0 Å². The molecule has 0 aliphatic rings. The normalized spacial score (nSPS) is 10.1. The topological polar surface area (TPSA) is 26.0 Å². The number of nitrogens with two attached hydrogens (primary N) is 1. The standard InChI is InChI=1S/C14H13N/c1-3-10-6-5-7-12-9-14(15)11(4-2)8-13(10)12/h3-9H,1-2,15H2. The minimum absolute atomic E-state index is 0.763. The second-order valence-corrected chi connectivity index (χ2v) is 3.46. The number of nitrogen functional groups attached to an aromatic ring is 1. The van der Waals surface area contributed by atoms with Crippen molar-refractivity contribution in [2.45, 2.75) is 0 Å². The largest absolute Gasteiger partial charge is 0.398 e. The summed E-state index contributed by atoms with van der Waals surface area (Å²) in [7, 11) is 0. The Balaban J connectivity index is 2.87. The van der Waals surface area contributed by atoms with E-state index in [4.69, 9.17) is 5.73 Å². The van der Waals surface area contributed by atoms with E-state index in [9.17, 15) is 0 Å². The van der Waals surface area contributed by atoms with Crippen LogP contribution in [0.15, 0.2) is 43.5 Å². The predicted octanol–water partition coefficient (Wildman–Crippen LogP) is 3.71. The Morgan fingerprint density at radius 2 is 1.73 bits per heavy atom. The third kappa shape index (κ3) is 1.52. The molecule has 0 saturated carbocycles. The highest BCUT2D eigenvalue weighted by molar-refractivity contribution is 5.95. The number of benzene rings is 2. The number of anilines is 1. The minimum Gasteiger partial charge on any atom is -0.398 e. The van der Waals surface area contributed by atoms with Gasteiger partial charge in [-0.1, -0.05) is 43.5 Å². The lowest BCUT2D eigenvalue weighted by atomic mass is 10.0. The van der Waals surface area contributed by atoms with Crippen molar-refractivity contribution in [1.82, 2.24) is 0 Å². The fourth-order valence-corrected chi connectivity index (χ4v) is 1.74. The average molecular weight is 195 g/mol. The number of fused-ring (bicyclic) bond motifs is 1. The van der Waals surface area contributed by atoms with Crippen molar-refractivity contribution < 1.29 is 0 Å². The summed E-state index contributed by atoms with van der Waals surface area (Å²) < 4.78 is 0. The summed E-state index contributed by atoms with van der Waals surface area (Å²) in [5.74, 6) is 0. The van der Waals surface area contributed by atoms with E-state index in [1.807, 2.05) is 30.3 Å². The van der Waals surface area contributed by atoms with Gasteiger partial charge >= 0.3 is 0 Å². The van der Waals surface area contributed by atoms with Crippen LogP contribution in [-0.2, 0) is 0 Å². The van der Waals surface area contributed by atoms with E-state index in [1.165, 1.54) is 0 Å². The van der Waals surface area contributed by atoms with Crippen LogP contribution in [0.5, 0.6) is 0 Å². The van der Waals surface area contributed by atoms with Crippen LogP contribution in [0.2, 0.25) is 0 Å². The Kier molecular flexibility index (Phi) is 2.30. The molecule has 2 aromatic rings. The second-order valence-electron chi connectivity index (χ2n) is 3.46. The molecule has 0 aromatic heterocycles. The molecule has 0 saturated heterocycles. The predicted molar refractivity (Wildman–Crippen MR) is 68.5 cm³/mol. The lowest BCUT2D eigenvalue weighted by molar-refractivity contribution is 1.67. The Labute approximate surface area is 89.5 Å². The lowest BCUT2D eigenvalue weighted by Crippen LogP contribution is -1.90. The molecule has 2 rings (SSSR count). The van der Waals surface area contributed by atoms with E-state index in [2.05, 4.69) is 19.2 Å². The molecule has 0 aliphatic carbocycles. The first-order valence-electron chi connectivity index (χ1n) is 4.83. The average Bonchev–Trinajstić information content (AvgIpc) is 2.27. The number of hydrogen-bond donors (Lipinski definition) is 1. The van der Waals surface area contributed by atoms with Crippen molar-refractivity contribution in [2.75, 3.05) is 5.73 Å². The van der Waals surface area contributed by atoms with Crippen LogP contribution in [0.1, 0.15) is 11.1 Å². The van der Waals surface area contributed by atoms with Gasteiger partial charge in [-0.15, -0.1) is 0 Å². The molecule has 2 N–H and O–H groups in total. The number of hydrogen-bond acceptors (Lipinski definition) is 1. The minimum atomic E-state index is 0.763. The van der Waals surface area contributed by atoms with E-state index in [-0.39, 0.29) is 0 Å².